The van der Waals surface area contributed by atoms with E-state index in [-0.39, 0.29) is 23.9 Å². The number of ether oxygens (including phenoxy) is 2. The van der Waals surface area contributed by atoms with E-state index in [4.69, 9.17) is 15.2 Å². The van der Waals surface area contributed by atoms with Crippen LogP contribution >= 0.6 is 12.4 Å². The number of halogens is 1. The SMILES string of the molecule is COc1ccc(OC)c([C@@H](O)C[C@H](N)C(C)(C)C)c1.Cl. The zero-order valence-corrected chi connectivity index (χ0v) is 13.7. The Bertz CT molecular complexity index is 418. The van der Waals surface area contributed by atoms with Gasteiger partial charge in [0.1, 0.15) is 11.5 Å². The molecule has 0 saturated heterocycles. The first kappa shape index (κ1) is 19.0. The second-order valence-corrected chi connectivity index (χ2v) is 5.83. The van der Waals surface area contributed by atoms with Crippen molar-refractivity contribution in [3.63, 3.8) is 0 Å². The van der Waals surface area contributed by atoms with Gasteiger partial charge in [0.15, 0.2) is 0 Å². The molecule has 1 aromatic carbocycles. The quantitative estimate of drug-likeness (QED) is 0.878. The van der Waals surface area contributed by atoms with Gasteiger partial charge in [-0.25, -0.2) is 0 Å². The highest BCUT2D eigenvalue weighted by Gasteiger charge is 2.25. The minimum atomic E-state index is -0.667. The van der Waals surface area contributed by atoms with Crippen molar-refractivity contribution in [1.29, 1.82) is 0 Å². The standard InChI is InChI=1S/C15H25NO3.ClH/c1-15(2,3)14(16)9-12(17)11-8-10(18-4)6-7-13(11)19-5;/h6-8,12,14,17H,9,16H2,1-5H3;1H/t12-,14-;/m0./s1. The predicted octanol–water partition coefficient (Wildman–Crippen LogP) is 2.92. The number of methoxy groups -OCH3 is 2. The number of rotatable bonds is 5. The molecule has 0 amide bonds. The molecule has 5 heteroatoms. The van der Waals surface area contributed by atoms with E-state index in [1.165, 1.54) is 0 Å². The summed E-state index contributed by atoms with van der Waals surface area (Å²) in [4.78, 5) is 0. The molecule has 0 aromatic heterocycles. The summed E-state index contributed by atoms with van der Waals surface area (Å²) >= 11 is 0. The second-order valence-electron chi connectivity index (χ2n) is 5.83. The van der Waals surface area contributed by atoms with E-state index >= 15 is 0 Å². The van der Waals surface area contributed by atoms with Gasteiger partial charge in [0, 0.05) is 11.6 Å². The lowest BCUT2D eigenvalue weighted by Crippen LogP contribution is -2.36. The minimum absolute atomic E-state index is 0. The zero-order chi connectivity index (χ0) is 14.6. The van der Waals surface area contributed by atoms with Crippen molar-refractivity contribution in [3.8, 4) is 11.5 Å². The smallest absolute Gasteiger partial charge is 0.124 e. The Kier molecular flexibility index (Phi) is 7.34. The second kappa shape index (κ2) is 7.72. The average Bonchev–Trinajstić information content (AvgIpc) is 2.36. The van der Waals surface area contributed by atoms with Crippen molar-refractivity contribution in [2.24, 2.45) is 11.1 Å². The van der Waals surface area contributed by atoms with Crippen LogP contribution in [0.25, 0.3) is 0 Å². The van der Waals surface area contributed by atoms with Gasteiger partial charge >= 0.3 is 0 Å². The molecule has 20 heavy (non-hydrogen) atoms. The summed E-state index contributed by atoms with van der Waals surface area (Å²) in [6.07, 6.45) is -0.188. The van der Waals surface area contributed by atoms with Gasteiger partial charge < -0.3 is 20.3 Å². The fraction of sp³-hybridized carbons (Fsp3) is 0.600. The molecule has 0 aliphatic rings. The summed E-state index contributed by atoms with van der Waals surface area (Å²) in [5.41, 5.74) is 6.78. The molecular formula is C15H26ClNO3. The maximum absolute atomic E-state index is 10.4. The predicted molar refractivity (Wildman–Crippen MR) is 83.8 cm³/mol. The Labute approximate surface area is 127 Å². The topological polar surface area (TPSA) is 64.7 Å². The van der Waals surface area contributed by atoms with Gasteiger partial charge in [-0.2, -0.15) is 0 Å². The zero-order valence-electron chi connectivity index (χ0n) is 12.8. The van der Waals surface area contributed by atoms with Crippen molar-refractivity contribution in [1.82, 2.24) is 0 Å². The van der Waals surface area contributed by atoms with Crippen LogP contribution in [0.4, 0.5) is 0 Å². The molecule has 2 atom stereocenters. The Morgan fingerprint density at radius 2 is 1.80 bits per heavy atom. The maximum Gasteiger partial charge on any atom is 0.124 e. The van der Waals surface area contributed by atoms with Crippen LogP contribution in [0.5, 0.6) is 11.5 Å². The van der Waals surface area contributed by atoms with Crippen LogP contribution in [0.2, 0.25) is 0 Å². The number of benzene rings is 1. The molecule has 1 rings (SSSR count). The fourth-order valence-corrected chi connectivity index (χ4v) is 1.82. The van der Waals surface area contributed by atoms with E-state index in [1.54, 1.807) is 32.4 Å². The van der Waals surface area contributed by atoms with Crippen LogP contribution < -0.4 is 15.2 Å². The van der Waals surface area contributed by atoms with Crippen molar-refractivity contribution in [2.45, 2.75) is 39.3 Å². The van der Waals surface area contributed by atoms with Gasteiger partial charge in [-0.3, -0.25) is 0 Å². The molecular weight excluding hydrogens is 278 g/mol. The number of aliphatic hydroxyl groups excluding tert-OH is 1. The van der Waals surface area contributed by atoms with E-state index in [9.17, 15) is 5.11 Å². The first-order chi connectivity index (χ1) is 8.79. The van der Waals surface area contributed by atoms with Crippen LogP contribution in [0.3, 0.4) is 0 Å². The average molecular weight is 304 g/mol. The lowest BCUT2D eigenvalue weighted by atomic mass is 9.83. The summed E-state index contributed by atoms with van der Waals surface area (Å²) in [6, 6.07) is 5.29. The highest BCUT2D eigenvalue weighted by molar-refractivity contribution is 5.85. The lowest BCUT2D eigenvalue weighted by Gasteiger charge is -2.29. The monoisotopic (exact) mass is 303 g/mol. The van der Waals surface area contributed by atoms with Crippen molar-refractivity contribution in [2.75, 3.05) is 14.2 Å². The van der Waals surface area contributed by atoms with Gasteiger partial charge in [-0.05, 0) is 30.0 Å². The van der Waals surface area contributed by atoms with Gasteiger partial charge in [-0.1, -0.05) is 20.8 Å². The minimum Gasteiger partial charge on any atom is -0.497 e. The van der Waals surface area contributed by atoms with Gasteiger partial charge in [0.25, 0.3) is 0 Å². The summed E-state index contributed by atoms with van der Waals surface area (Å²) in [7, 11) is 3.18. The van der Waals surface area contributed by atoms with Crippen LogP contribution in [0, 0.1) is 5.41 Å². The molecule has 0 aliphatic heterocycles. The molecule has 1 aromatic rings. The number of hydrogen-bond acceptors (Lipinski definition) is 4. The molecule has 0 bridgehead atoms. The first-order valence-corrected chi connectivity index (χ1v) is 6.45. The van der Waals surface area contributed by atoms with Crippen molar-refractivity contribution in [3.05, 3.63) is 23.8 Å². The summed E-state index contributed by atoms with van der Waals surface area (Å²) in [5, 5.41) is 10.4. The molecule has 116 valence electrons. The van der Waals surface area contributed by atoms with E-state index in [2.05, 4.69) is 20.8 Å². The molecule has 0 saturated carbocycles. The Hall–Kier alpha value is -0.970. The van der Waals surface area contributed by atoms with E-state index in [0.717, 1.165) is 0 Å². The fourth-order valence-electron chi connectivity index (χ4n) is 1.82. The Morgan fingerprint density at radius 1 is 1.20 bits per heavy atom. The van der Waals surface area contributed by atoms with Crippen LogP contribution in [-0.2, 0) is 0 Å². The normalized spacial score (nSPS) is 14.2. The van der Waals surface area contributed by atoms with E-state index in [0.29, 0.717) is 23.5 Å². The van der Waals surface area contributed by atoms with Gasteiger partial charge in [0.2, 0.25) is 0 Å². The highest BCUT2D eigenvalue weighted by atomic mass is 35.5. The van der Waals surface area contributed by atoms with Crippen molar-refractivity contribution < 1.29 is 14.6 Å². The summed E-state index contributed by atoms with van der Waals surface area (Å²) < 4.78 is 10.5. The molecule has 0 unspecified atom stereocenters. The van der Waals surface area contributed by atoms with E-state index < -0.39 is 6.10 Å². The first-order valence-electron chi connectivity index (χ1n) is 6.45. The number of hydrogen-bond donors (Lipinski definition) is 2. The van der Waals surface area contributed by atoms with Crippen LogP contribution in [0.1, 0.15) is 38.9 Å². The third-order valence-electron chi connectivity index (χ3n) is 3.39. The highest BCUT2D eigenvalue weighted by Crippen LogP contribution is 2.33. The Balaban J connectivity index is 0.00000361. The molecule has 0 radical (unpaired) electrons. The number of aliphatic hydroxyl groups is 1. The molecule has 0 fully saturated rings. The van der Waals surface area contributed by atoms with Gasteiger partial charge in [-0.15, -0.1) is 12.4 Å². The lowest BCUT2D eigenvalue weighted by molar-refractivity contribution is 0.130. The molecule has 0 heterocycles. The summed E-state index contributed by atoms with van der Waals surface area (Å²) in [6.45, 7) is 6.19. The Morgan fingerprint density at radius 3 is 2.25 bits per heavy atom. The third kappa shape index (κ3) is 4.85. The van der Waals surface area contributed by atoms with Crippen LogP contribution in [-0.4, -0.2) is 25.4 Å². The van der Waals surface area contributed by atoms with Gasteiger partial charge in [0.05, 0.1) is 20.3 Å². The molecule has 4 nitrogen and oxygen atoms in total. The molecule has 0 spiro atoms. The largest absolute Gasteiger partial charge is 0.497 e. The molecule has 0 aliphatic carbocycles. The number of nitrogens with two attached hydrogens (primary N) is 1. The summed E-state index contributed by atoms with van der Waals surface area (Å²) in [5.74, 6) is 1.34. The third-order valence-corrected chi connectivity index (χ3v) is 3.39. The maximum atomic E-state index is 10.4. The van der Waals surface area contributed by atoms with E-state index in [1.807, 2.05) is 0 Å². The molecule has 3 N–H and O–H groups in total. The van der Waals surface area contributed by atoms with Crippen LogP contribution in [0.15, 0.2) is 18.2 Å². The van der Waals surface area contributed by atoms with Crippen molar-refractivity contribution >= 4 is 12.4 Å².